The van der Waals surface area contributed by atoms with Crippen LogP contribution in [0.2, 0.25) is 0 Å². The number of sulfonamides is 1. The van der Waals surface area contributed by atoms with E-state index >= 15 is 0 Å². The highest BCUT2D eigenvalue weighted by molar-refractivity contribution is 7.89. The van der Waals surface area contributed by atoms with E-state index in [4.69, 9.17) is 4.74 Å². The zero-order valence-corrected chi connectivity index (χ0v) is 18.4. The van der Waals surface area contributed by atoms with E-state index in [9.17, 15) is 22.4 Å². The summed E-state index contributed by atoms with van der Waals surface area (Å²) < 4.78 is 46.8. The summed E-state index contributed by atoms with van der Waals surface area (Å²) in [6, 6.07) is 3.28. The molecule has 162 valence electrons. The molecule has 0 saturated heterocycles. The molecular formula is C21H25FN2O5S. The maximum absolute atomic E-state index is 13.3. The number of Topliss-reactive ketones (excluding diaryl/α,β-unsaturated/α-hetero) is 1. The molecule has 0 N–H and O–H groups in total. The molecule has 7 nitrogen and oxygen atoms in total. The molecule has 0 amide bonds. The molecule has 30 heavy (non-hydrogen) atoms. The van der Waals surface area contributed by atoms with Crippen LogP contribution in [-0.2, 0) is 21.8 Å². The third kappa shape index (κ3) is 4.08. The van der Waals surface area contributed by atoms with E-state index in [0.29, 0.717) is 11.3 Å². The topological polar surface area (TPSA) is 85.7 Å². The Morgan fingerprint density at radius 3 is 2.33 bits per heavy atom. The van der Waals surface area contributed by atoms with Gasteiger partial charge in [0.1, 0.15) is 11.5 Å². The van der Waals surface area contributed by atoms with Gasteiger partial charge in [-0.05, 0) is 50.6 Å². The first-order valence-electron chi connectivity index (χ1n) is 9.15. The van der Waals surface area contributed by atoms with Gasteiger partial charge in [0, 0.05) is 24.8 Å². The monoisotopic (exact) mass is 436 g/mol. The van der Waals surface area contributed by atoms with Gasteiger partial charge in [-0.25, -0.2) is 17.6 Å². The third-order valence-electron chi connectivity index (χ3n) is 5.10. The van der Waals surface area contributed by atoms with Crippen molar-refractivity contribution >= 4 is 21.8 Å². The lowest BCUT2D eigenvalue weighted by molar-refractivity contribution is 0.0588. The van der Waals surface area contributed by atoms with Crippen LogP contribution >= 0.6 is 0 Å². The summed E-state index contributed by atoms with van der Waals surface area (Å²) in [7, 11) is -1.23. The molecule has 1 aromatic heterocycles. The minimum atomic E-state index is -4.11. The number of aromatic nitrogens is 1. The maximum Gasteiger partial charge on any atom is 0.354 e. The van der Waals surface area contributed by atoms with Gasteiger partial charge < -0.3 is 9.30 Å². The molecule has 1 unspecified atom stereocenters. The molecule has 1 aromatic carbocycles. The van der Waals surface area contributed by atoms with Crippen molar-refractivity contribution in [1.29, 1.82) is 0 Å². The van der Waals surface area contributed by atoms with Crippen LogP contribution in [-0.4, -0.2) is 48.7 Å². The van der Waals surface area contributed by atoms with E-state index < -0.39 is 33.6 Å². The second-order valence-corrected chi connectivity index (χ2v) is 8.73. The predicted octanol–water partition coefficient (Wildman–Crippen LogP) is 3.02. The van der Waals surface area contributed by atoms with Gasteiger partial charge in [0.05, 0.1) is 18.0 Å². The normalized spacial score (nSPS) is 12.6. The third-order valence-corrected chi connectivity index (χ3v) is 7.05. The summed E-state index contributed by atoms with van der Waals surface area (Å²) in [6.07, 6.45) is 1.37. The number of nitrogens with zero attached hydrogens (tertiary/aromatic N) is 2. The molecule has 0 saturated carbocycles. The van der Waals surface area contributed by atoms with Crippen LogP contribution in [0, 0.1) is 19.7 Å². The molecule has 9 heteroatoms. The second kappa shape index (κ2) is 8.93. The maximum atomic E-state index is 13.3. The molecule has 0 aliphatic heterocycles. The molecule has 0 bridgehead atoms. The van der Waals surface area contributed by atoms with Crippen molar-refractivity contribution in [2.24, 2.45) is 7.05 Å². The van der Waals surface area contributed by atoms with Gasteiger partial charge in [-0.2, -0.15) is 4.31 Å². The van der Waals surface area contributed by atoms with Crippen molar-refractivity contribution in [2.75, 3.05) is 13.7 Å². The smallest absolute Gasteiger partial charge is 0.354 e. The summed E-state index contributed by atoms with van der Waals surface area (Å²) in [6.45, 7) is 8.22. The SMILES string of the molecule is C=CCN(C(C)C(=O)c1c(C)c(C(=O)OC)n(C)c1C)S(=O)(=O)c1ccc(F)cc1. The summed E-state index contributed by atoms with van der Waals surface area (Å²) >= 11 is 0. The van der Waals surface area contributed by atoms with Crippen molar-refractivity contribution in [3.8, 4) is 0 Å². The molecule has 2 rings (SSSR count). The fraction of sp³-hybridized carbons (Fsp3) is 0.333. The summed E-state index contributed by atoms with van der Waals surface area (Å²) in [5.41, 5.74) is 1.41. The Bertz CT molecular complexity index is 1090. The van der Waals surface area contributed by atoms with Crippen molar-refractivity contribution in [3.05, 3.63) is 65.3 Å². The molecule has 0 spiro atoms. The number of ketones is 1. The zero-order valence-electron chi connectivity index (χ0n) is 17.6. The number of benzene rings is 1. The van der Waals surface area contributed by atoms with Gasteiger partial charge >= 0.3 is 5.97 Å². The van der Waals surface area contributed by atoms with E-state index in [-0.39, 0.29) is 22.7 Å². The van der Waals surface area contributed by atoms with E-state index in [2.05, 4.69) is 6.58 Å². The number of halogens is 1. The lowest BCUT2D eigenvalue weighted by Gasteiger charge is -2.26. The van der Waals surface area contributed by atoms with E-state index in [0.717, 1.165) is 28.6 Å². The number of rotatable bonds is 8. The van der Waals surface area contributed by atoms with Crippen LogP contribution in [0.3, 0.4) is 0 Å². The molecule has 0 aliphatic rings. The number of hydrogen-bond acceptors (Lipinski definition) is 5. The molecule has 0 aliphatic carbocycles. The Hall–Kier alpha value is -2.78. The van der Waals surface area contributed by atoms with E-state index in [1.165, 1.54) is 20.1 Å². The molecule has 2 aromatic rings. The van der Waals surface area contributed by atoms with Gasteiger partial charge in [0.15, 0.2) is 5.78 Å². The first kappa shape index (κ1) is 23.5. The molecular weight excluding hydrogens is 411 g/mol. The zero-order chi connectivity index (χ0) is 22.8. The number of methoxy groups -OCH3 is 1. The minimum absolute atomic E-state index is 0.124. The van der Waals surface area contributed by atoms with Crippen molar-refractivity contribution < 1.29 is 27.1 Å². The fourth-order valence-corrected chi connectivity index (χ4v) is 4.96. The fourth-order valence-electron chi connectivity index (χ4n) is 3.40. The number of ether oxygens (including phenoxy) is 1. The van der Waals surface area contributed by atoms with Crippen molar-refractivity contribution in [1.82, 2.24) is 8.87 Å². The highest BCUT2D eigenvalue weighted by atomic mass is 32.2. The number of hydrogen-bond donors (Lipinski definition) is 0. The summed E-state index contributed by atoms with van der Waals surface area (Å²) in [5, 5.41) is 0. The Morgan fingerprint density at radius 2 is 1.83 bits per heavy atom. The molecule has 1 heterocycles. The highest BCUT2D eigenvalue weighted by Gasteiger charge is 2.35. The number of carbonyl (C=O) groups is 2. The van der Waals surface area contributed by atoms with Crippen LogP contribution < -0.4 is 0 Å². The van der Waals surface area contributed by atoms with Gasteiger partial charge in [-0.3, -0.25) is 4.79 Å². The average molecular weight is 437 g/mol. The van der Waals surface area contributed by atoms with E-state index in [1.807, 2.05) is 0 Å². The van der Waals surface area contributed by atoms with Crippen LogP contribution in [0.15, 0.2) is 41.8 Å². The Balaban J connectivity index is 2.54. The van der Waals surface area contributed by atoms with Gasteiger partial charge in [0.2, 0.25) is 10.0 Å². The first-order valence-corrected chi connectivity index (χ1v) is 10.6. The second-order valence-electron chi connectivity index (χ2n) is 6.84. The molecule has 0 radical (unpaired) electrons. The van der Waals surface area contributed by atoms with Crippen molar-refractivity contribution in [3.63, 3.8) is 0 Å². The van der Waals surface area contributed by atoms with Crippen LogP contribution in [0.25, 0.3) is 0 Å². The first-order chi connectivity index (χ1) is 14.0. The predicted molar refractivity (Wildman–Crippen MR) is 111 cm³/mol. The van der Waals surface area contributed by atoms with Gasteiger partial charge in [-0.1, -0.05) is 6.08 Å². The summed E-state index contributed by atoms with van der Waals surface area (Å²) in [4.78, 5) is 25.3. The largest absolute Gasteiger partial charge is 0.464 e. The Labute approximate surface area is 175 Å². The van der Waals surface area contributed by atoms with Gasteiger partial charge in [0.25, 0.3) is 0 Å². The van der Waals surface area contributed by atoms with Crippen LogP contribution in [0.4, 0.5) is 4.39 Å². The molecule has 1 atom stereocenters. The standard InChI is InChI=1S/C21H25FN2O5S/c1-7-12-24(30(27,28)17-10-8-16(22)9-11-17)15(4)20(25)18-13(2)19(21(26)29-6)23(5)14(18)3/h7-11,15H,1,12H2,2-6H3. The lowest BCUT2D eigenvalue weighted by atomic mass is 10.0. The highest BCUT2D eigenvalue weighted by Crippen LogP contribution is 2.27. The van der Waals surface area contributed by atoms with Crippen molar-refractivity contribution in [2.45, 2.75) is 31.7 Å². The Morgan fingerprint density at radius 1 is 1.27 bits per heavy atom. The van der Waals surface area contributed by atoms with E-state index in [1.54, 1.807) is 25.5 Å². The summed E-state index contributed by atoms with van der Waals surface area (Å²) in [5.74, 6) is -1.63. The molecule has 0 fully saturated rings. The Kier molecular flexibility index (Phi) is 6.99. The number of carbonyl (C=O) groups excluding carboxylic acids is 2. The van der Waals surface area contributed by atoms with Crippen LogP contribution in [0.5, 0.6) is 0 Å². The van der Waals surface area contributed by atoms with Gasteiger partial charge in [-0.15, -0.1) is 6.58 Å². The number of esters is 1. The average Bonchev–Trinajstić information content (AvgIpc) is 2.93. The lowest BCUT2D eigenvalue weighted by Crippen LogP contribution is -2.43. The quantitative estimate of drug-likeness (QED) is 0.361. The van der Waals surface area contributed by atoms with Crippen LogP contribution in [0.1, 0.15) is 39.0 Å². The minimum Gasteiger partial charge on any atom is -0.464 e.